The van der Waals surface area contributed by atoms with E-state index in [2.05, 4.69) is 26.5 Å². The van der Waals surface area contributed by atoms with Crippen molar-refractivity contribution in [3.8, 4) is 0 Å². The molecule has 0 heterocycles. The molecule has 12 heavy (non-hydrogen) atoms. The van der Waals surface area contributed by atoms with E-state index in [9.17, 15) is 0 Å². The van der Waals surface area contributed by atoms with E-state index in [-0.39, 0.29) is 0 Å². The molecule has 70 valence electrons. The zero-order chi connectivity index (χ0) is 9.23. The van der Waals surface area contributed by atoms with E-state index < -0.39 is 0 Å². The van der Waals surface area contributed by atoms with Crippen LogP contribution in [0.4, 0.5) is 0 Å². The highest BCUT2D eigenvalue weighted by atomic mass is 14.0. The number of unbranched alkanes of at least 4 members (excludes halogenated alkanes) is 3. The monoisotopic (exact) mass is 166 g/mol. The molecule has 0 nitrogen and oxygen atoms in total. The van der Waals surface area contributed by atoms with Gasteiger partial charge in [0.25, 0.3) is 0 Å². The smallest absolute Gasteiger partial charge is 0.0348 e. The van der Waals surface area contributed by atoms with Crippen molar-refractivity contribution in [3.63, 3.8) is 0 Å². The maximum Gasteiger partial charge on any atom is -0.0348 e. The Morgan fingerprint density at radius 3 is 2.50 bits per heavy atom. The maximum atomic E-state index is 3.63. The quantitative estimate of drug-likeness (QED) is 0.390. The lowest BCUT2D eigenvalue weighted by atomic mass is 10.0. The predicted molar refractivity (Wildman–Crippen MR) is 57.3 cm³/mol. The van der Waals surface area contributed by atoms with Gasteiger partial charge < -0.3 is 0 Å². The Morgan fingerprint density at radius 1 is 1.17 bits per heavy atom. The highest BCUT2D eigenvalue weighted by Crippen LogP contribution is 2.09. The Balaban J connectivity index is 3.00. The van der Waals surface area contributed by atoms with E-state index in [1.165, 1.54) is 32.1 Å². The molecule has 0 saturated carbocycles. The van der Waals surface area contributed by atoms with Crippen LogP contribution in [0.15, 0.2) is 24.8 Å². The molecule has 0 fully saturated rings. The van der Waals surface area contributed by atoms with E-state index in [1.54, 1.807) is 0 Å². The fourth-order valence-electron chi connectivity index (χ4n) is 1.18. The molecule has 0 aliphatic heterocycles. The molecule has 0 aromatic heterocycles. The molecule has 0 aromatic rings. The summed E-state index contributed by atoms with van der Waals surface area (Å²) in [5.41, 5.74) is 0. The number of hydrogen-bond donors (Lipinski definition) is 0. The third-order valence-corrected chi connectivity index (χ3v) is 1.92. The number of allylic oxidation sites excluding steroid dienone is 3. The molecular formula is C12H22. The van der Waals surface area contributed by atoms with Crippen molar-refractivity contribution < 1.29 is 0 Å². The summed E-state index contributed by atoms with van der Waals surface area (Å²) in [6.07, 6.45) is 12.8. The molecule has 0 N–H and O–H groups in total. The first-order chi connectivity index (χ1) is 5.77. The number of hydrogen-bond acceptors (Lipinski definition) is 0. The molecule has 0 radical (unpaired) electrons. The Bertz CT molecular complexity index is 120. The van der Waals surface area contributed by atoms with Gasteiger partial charge in [0.2, 0.25) is 0 Å². The second kappa shape index (κ2) is 8.58. The average molecular weight is 166 g/mol. The highest BCUT2D eigenvalue weighted by Gasteiger charge is 1.92. The highest BCUT2D eigenvalue weighted by molar-refractivity contribution is 4.96. The molecule has 0 rings (SSSR count). The molecule has 0 amide bonds. The van der Waals surface area contributed by atoms with Gasteiger partial charge >= 0.3 is 0 Å². The van der Waals surface area contributed by atoms with Gasteiger partial charge in [0.1, 0.15) is 0 Å². The summed E-state index contributed by atoms with van der Waals surface area (Å²) in [6, 6.07) is 0. The fraction of sp³-hybridized carbons (Fsp3) is 0.667. The summed E-state index contributed by atoms with van der Waals surface area (Å²) in [5, 5.41) is 0. The lowest BCUT2D eigenvalue weighted by molar-refractivity contribution is 0.528. The maximum absolute atomic E-state index is 3.63. The van der Waals surface area contributed by atoms with Gasteiger partial charge in [0.05, 0.1) is 0 Å². The van der Waals surface area contributed by atoms with Gasteiger partial charge in [-0.2, -0.15) is 0 Å². The lowest BCUT2D eigenvalue weighted by Crippen LogP contribution is -1.86. The largest absolute Gasteiger partial charge is 0.0991 e. The molecule has 0 unspecified atom stereocenters. The zero-order valence-electron chi connectivity index (χ0n) is 8.55. The van der Waals surface area contributed by atoms with Gasteiger partial charge in [-0.15, -0.1) is 0 Å². The van der Waals surface area contributed by atoms with Crippen molar-refractivity contribution in [2.24, 2.45) is 5.92 Å². The minimum absolute atomic E-state index is 0.869. The summed E-state index contributed by atoms with van der Waals surface area (Å²) in [6.45, 7) is 8.21. The summed E-state index contributed by atoms with van der Waals surface area (Å²) < 4.78 is 0. The average Bonchev–Trinajstić information content (AvgIpc) is 2.02. The zero-order valence-corrected chi connectivity index (χ0v) is 8.55. The van der Waals surface area contributed by atoms with Gasteiger partial charge in [-0.3, -0.25) is 0 Å². The van der Waals surface area contributed by atoms with Crippen molar-refractivity contribution in [2.75, 3.05) is 0 Å². The summed E-state index contributed by atoms with van der Waals surface area (Å²) >= 11 is 0. The second-order valence-electron chi connectivity index (χ2n) is 3.70. The molecule has 0 aromatic carbocycles. The first kappa shape index (κ1) is 11.5. The summed E-state index contributed by atoms with van der Waals surface area (Å²) in [4.78, 5) is 0. The number of rotatable bonds is 7. The minimum Gasteiger partial charge on any atom is -0.0991 e. The van der Waals surface area contributed by atoms with Crippen molar-refractivity contribution in [3.05, 3.63) is 24.8 Å². The van der Waals surface area contributed by atoms with E-state index in [0.29, 0.717) is 0 Å². The van der Waals surface area contributed by atoms with E-state index >= 15 is 0 Å². The van der Waals surface area contributed by atoms with Crippen LogP contribution >= 0.6 is 0 Å². The molecule has 0 bridgehead atoms. The van der Waals surface area contributed by atoms with Crippen LogP contribution in [-0.4, -0.2) is 0 Å². The van der Waals surface area contributed by atoms with Crippen molar-refractivity contribution in [1.29, 1.82) is 0 Å². The SMILES string of the molecule is C=CC=CCCCCCC(C)C. The fourth-order valence-corrected chi connectivity index (χ4v) is 1.18. The van der Waals surface area contributed by atoms with E-state index in [4.69, 9.17) is 0 Å². The first-order valence-electron chi connectivity index (χ1n) is 5.05. The van der Waals surface area contributed by atoms with E-state index in [1.807, 2.05) is 12.2 Å². The van der Waals surface area contributed by atoms with Gasteiger partial charge in [-0.25, -0.2) is 0 Å². The van der Waals surface area contributed by atoms with Crippen molar-refractivity contribution >= 4 is 0 Å². The predicted octanol–water partition coefficient (Wildman–Crippen LogP) is 4.34. The Kier molecular flexibility index (Phi) is 8.20. The van der Waals surface area contributed by atoms with Crippen molar-refractivity contribution in [1.82, 2.24) is 0 Å². The topological polar surface area (TPSA) is 0 Å². The third kappa shape index (κ3) is 9.48. The molecule has 0 heteroatoms. The Labute approximate surface area is 77.4 Å². The van der Waals surface area contributed by atoms with E-state index in [0.717, 1.165) is 5.92 Å². The van der Waals surface area contributed by atoms with Crippen LogP contribution in [0.25, 0.3) is 0 Å². The minimum atomic E-state index is 0.869. The Morgan fingerprint density at radius 2 is 1.92 bits per heavy atom. The van der Waals surface area contributed by atoms with Crippen molar-refractivity contribution in [2.45, 2.75) is 46.0 Å². The normalized spacial score (nSPS) is 11.2. The van der Waals surface area contributed by atoms with Crippen LogP contribution in [0.2, 0.25) is 0 Å². The third-order valence-electron chi connectivity index (χ3n) is 1.92. The van der Waals surface area contributed by atoms with Crippen LogP contribution in [0.5, 0.6) is 0 Å². The second-order valence-corrected chi connectivity index (χ2v) is 3.70. The van der Waals surface area contributed by atoms with Gasteiger partial charge in [-0.05, 0) is 18.8 Å². The molecule has 0 saturated heterocycles. The molecule has 0 aliphatic rings. The van der Waals surface area contributed by atoms with Crippen LogP contribution in [0, 0.1) is 5.92 Å². The standard InChI is InChI=1S/C12H22/c1-4-5-6-7-8-9-10-11-12(2)3/h4-6,12H,1,7-11H2,2-3H3. The Hall–Kier alpha value is -0.520. The molecule has 0 spiro atoms. The van der Waals surface area contributed by atoms with Crippen LogP contribution in [0.3, 0.4) is 0 Å². The first-order valence-corrected chi connectivity index (χ1v) is 5.05. The summed E-state index contributed by atoms with van der Waals surface area (Å²) in [7, 11) is 0. The van der Waals surface area contributed by atoms with Gasteiger partial charge in [-0.1, -0.05) is 57.9 Å². The summed E-state index contributed by atoms with van der Waals surface area (Å²) in [5.74, 6) is 0.869. The molecule has 0 atom stereocenters. The molecular weight excluding hydrogens is 144 g/mol. The lowest BCUT2D eigenvalue weighted by Gasteiger charge is -2.02. The van der Waals surface area contributed by atoms with Crippen LogP contribution in [-0.2, 0) is 0 Å². The molecule has 0 aliphatic carbocycles. The van der Waals surface area contributed by atoms with Gasteiger partial charge in [0, 0.05) is 0 Å². The van der Waals surface area contributed by atoms with Crippen LogP contribution < -0.4 is 0 Å². The van der Waals surface area contributed by atoms with Crippen LogP contribution in [0.1, 0.15) is 46.0 Å². The van der Waals surface area contributed by atoms with Gasteiger partial charge in [0.15, 0.2) is 0 Å².